The predicted octanol–water partition coefficient (Wildman–Crippen LogP) is 3.72. The maximum atomic E-state index is 5.97. The number of nitrogens with zero attached hydrogens (tertiary/aromatic N) is 2. The highest BCUT2D eigenvalue weighted by Crippen LogP contribution is 2.18. The van der Waals surface area contributed by atoms with Gasteiger partial charge >= 0.3 is 0 Å². The molecule has 0 fully saturated rings. The number of aryl methyl sites for hydroxylation is 1. The third kappa shape index (κ3) is 4.19. The number of anilines is 2. The molecule has 0 unspecified atom stereocenters. The van der Waals surface area contributed by atoms with E-state index in [0.29, 0.717) is 30.0 Å². The van der Waals surface area contributed by atoms with E-state index in [1.54, 1.807) is 6.07 Å². The van der Waals surface area contributed by atoms with E-state index in [2.05, 4.69) is 15.3 Å². The number of benzene rings is 1. The Morgan fingerprint density at radius 1 is 1.21 bits per heavy atom. The Morgan fingerprint density at radius 3 is 2.63 bits per heavy atom. The molecule has 100 valence electrons. The van der Waals surface area contributed by atoms with Crippen LogP contribution in [0.5, 0.6) is 0 Å². The fraction of sp³-hybridized carbons (Fsp3) is 0.286. The van der Waals surface area contributed by atoms with Gasteiger partial charge in [0.1, 0.15) is 17.6 Å². The lowest BCUT2D eigenvalue weighted by molar-refractivity contribution is 0.128. The zero-order valence-corrected chi connectivity index (χ0v) is 11.7. The van der Waals surface area contributed by atoms with Crippen molar-refractivity contribution in [3.63, 3.8) is 0 Å². The van der Waals surface area contributed by atoms with Crippen LogP contribution in [0, 0.1) is 6.92 Å². The highest BCUT2D eigenvalue weighted by Gasteiger charge is 2.04. The molecule has 1 aromatic carbocycles. The predicted molar refractivity (Wildman–Crippen MR) is 76.8 cm³/mol. The highest BCUT2D eigenvalue weighted by molar-refractivity contribution is 6.29. The fourth-order valence-corrected chi connectivity index (χ4v) is 1.77. The average Bonchev–Trinajstić information content (AvgIpc) is 2.38. The molecule has 2 rings (SSSR count). The second-order valence-corrected chi connectivity index (χ2v) is 4.51. The van der Waals surface area contributed by atoms with Gasteiger partial charge in [0.15, 0.2) is 5.82 Å². The molecule has 0 radical (unpaired) electrons. The molecule has 19 heavy (non-hydrogen) atoms. The van der Waals surface area contributed by atoms with Crippen LogP contribution in [0.4, 0.5) is 11.5 Å². The Balaban J connectivity index is 2.15. The summed E-state index contributed by atoms with van der Waals surface area (Å²) in [5, 5.41) is 3.60. The van der Waals surface area contributed by atoms with Crippen molar-refractivity contribution in [3.8, 4) is 0 Å². The summed E-state index contributed by atoms with van der Waals surface area (Å²) in [6.07, 6.45) is 0. The Morgan fingerprint density at radius 2 is 1.95 bits per heavy atom. The van der Waals surface area contributed by atoms with E-state index in [9.17, 15) is 0 Å². The third-order valence-electron chi connectivity index (χ3n) is 2.50. The molecular formula is C14H16ClN3O. The van der Waals surface area contributed by atoms with Crippen LogP contribution in [0.1, 0.15) is 18.3 Å². The number of halogens is 1. The van der Waals surface area contributed by atoms with Gasteiger partial charge in [0.05, 0.1) is 0 Å². The van der Waals surface area contributed by atoms with Gasteiger partial charge in [-0.05, 0) is 26.0 Å². The van der Waals surface area contributed by atoms with Crippen LogP contribution in [0.15, 0.2) is 30.3 Å². The molecule has 1 heterocycles. The maximum absolute atomic E-state index is 5.97. The fourth-order valence-electron chi connectivity index (χ4n) is 1.57. The van der Waals surface area contributed by atoms with E-state index in [1.165, 1.54) is 5.56 Å². The lowest BCUT2D eigenvalue weighted by atomic mass is 10.2. The third-order valence-corrected chi connectivity index (χ3v) is 2.69. The van der Waals surface area contributed by atoms with Crippen molar-refractivity contribution in [2.24, 2.45) is 0 Å². The average molecular weight is 278 g/mol. The molecule has 0 atom stereocenters. The first-order valence-electron chi connectivity index (χ1n) is 6.12. The summed E-state index contributed by atoms with van der Waals surface area (Å²) in [5.74, 6) is 1.24. The standard InChI is InChI=1S/C14H16ClN3O/c1-3-19-9-14-17-12(15)8-13(18-14)16-11-6-4-10(2)5-7-11/h4-8H,3,9H2,1-2H3,(H,16,17,18). The normalized spacial score (nSPS) is 10.5. The lowest BCUT2D eigenvalue weighted by Gasteiger charge is -2.08. The van der Waals surface area contributed by atoms with Crippen LogP contribution in [0.25, 0.3) is 0 Å². The van der Waals surface area contributed by atoms with Crippen LogP contribution in [-0.2, 0) is 11.3 Å². The van der Waals surface area contributed by atoms with Gasteiger partial charge in [-0.15, -0.1) is 0 Å². The van der Waals surface area contributed by atoms with E-state index in [0.717, 1.165) is 5.69 Å². The number of hydrogen-bond acceptors (Lipinski definition) is 4. The van der Waals surface area contributed by atoms with Gasteiger partial charge in [-0.3, -0.25) is 0 Å². The summed E-state index contributed by atoms with van der Waals surface area (Å²) < 4.78 is 5.28. The summed E-state index contributed by atoms with van der Waals surface area (Å²) in [6.45, 7) is 4.96. The Hall–Kier alpha value is -1.65. The van der Waals surface area contributed by atoms with Crippen molar-refractivity contribution < 1.29 is 4.74 Å². The van der Waals surface area contributed by atoms with Crippen LogP contribution in [-0.4, -0.2) is 16.6 Å². The Kier molecular flexibility index (Phi) is 4.71. The molecule has 0 spiro atoms. The lowest BCUT2D eigenvalue weighted by Crippen LogP contribution is -2.02. The van der Waals surface area contributed by atoms with Gasteiger partial charge < -0.3 is 10.1 Å². The minimum atomic E-state index is 0.361. The SMILES string of the molecule is CCOCc1nc(Cl)cc(Nc2ccc(C)cc2)n1. The molecule has 4 nitrogen and oxygen atoms in total. The number of nitrogens with one attached hydrogen (secondary N) is 1. The first-order chi connectivity index (χ1) is 9.17. The monoisotopic (exact) mass is 277 g/mol. The van der Waals surface area contributed by atoms with Crippen LogP contribution >= 0.6 is 11.6 Å². The highest BCUT2D eigenvalue weighted by atomic mass is 35.5. The van der Waals surface area contributed by atoms with E-state index in [1.807, 2.05) is 38.1 Å². The zero-order valence-electron chi connectivity index (χ0n) is 11.0. The minimum absolute atomic E-state index is 0.361. The number of rotatable bonds is 5. The summed E-state index contributed by atoms with van der Waals surface area (Å²) >= 11 is 5.97. The van der Waals surface area contributed by atoms with Crippen molar-refractivity contribution in [2.45, 2.75) is 20.5 Å². The van der Waals surface area contributed by atoms with Crippen molar-refractivity contribution in [1.29, 1.82) is 0 Å². The van der Waals surface area contributed by atoms with Crippen molar-refractivity contribution >= 4 is 23.1 Å². The summed E-state index contributed by atoms with van der Waals surface area (Å²) in [7, 11) is 0. The second-order valence-electron chi connectivity index (χ2n) is 4.12. The van der Waals surface area contributed by atoms with Crippen molar-refractivity contribution in [3.05, 3.63) is 46.9 Å². The molecular weight excluding hydrogens is 262 g/mol. The van der Waals surface area contributed by atoms with Crippen molar-refractivity contribution in [2.75, 3.05) is 11.9 Å². The molecule has 0 aliphatic heterocycles. The Bertz CT molecular complexity index is 543. The van der Waals surface area contributed by atoms with Gasteiger partial charge in [-0.25, -0.2) is 9.97 Å². The Labute approximate surface area is 117 Å². The zero-order chi connectivity index (χ0) is 13.7. The van der Waals surface area contributed by atoms with E-state index >= 15 is 0 Å². The minimum Gasteiger partial charge on any atom is -0.374 e. The van der Waals surface area contributed by atoms with Gasteiger partial charge in [0.25, 0.3) is 0 Å². The largest absolute Gasteiger partial charge is 0.374 e. The quantitative estimate of drug-likeness (QED) is 0.846. The van der Waals surface area contributed by atoms with E-state index in [4.69, 9.17) is 16.3 Å². The number of aromatic nitrogens is 2. The molecule has 0 saturated carbocycles. The van der Waals surface area contributed by atoms with Gasteiger partial charge in [-0.2, -0.15) is 0 Å². The first-order valence-corrected chi connectivity index (χ1v) is 6.50. The summed E-state index contributed by atoms with van der Waals surface area (Å²) in [6, 6.07) is 9.75. The smallest absolute Gasteiger partial charge is 0.158 e. The van der Waals surface area contributed by atoms with Crippen LogP contribution in [0.3, 0.4) is 0 Å². The maximum Gasteiger partial charge on any atom is 0.158 e. The number of ether oxygens (including phenoxy) is 1. The summed E-state index contributed by atoms with van der Waals surface area (Å²) in [5.41, 5.74) is 2.17. The molecule has 0 bridgehead atoms. The molecule has 2 aromatic rings. The molecule has 5 heteroatoms. The number of hydrogen-bond donors (Lipinski definition) is 1. The molecule has 1 N–H and O–H groups in total. The molecule has 0 aliphatic rings. The van der Waals surface area contributed by atoms with E-state index in [-0.39, 0.29) is 0 Å². The van der Waals surface area contributed by atoms with Crippen LogP contribution < -0.4 is 5.32 Å². The van der Waals surface area contributed by atoms with Crippen molar-refractivity contribution in [1.82, 2.24) is 9.97 Å². The molecule has 0 saturated heterocycles. The van der Waals surface area contributed by atoms with Gasteiger partial charge in [-0.1, -0.05) is 29.3 Å². The van der Waals surface area contributed by atoms with Gasteiger partial charge in [0, 0.05) is 18.4 Å². The summed E-state index contributed by atoms with van der Waals surface area (Å²) in [4.78, 5) is 8.47. The molecule has 0 amide bonds. The van der Waals surface area contributed by atoms with E-state index < -0.39 is 0 Å². The topological polar surface area (TPSA) is 47.0 Å². The van der Waals surface area contributed by atoms with Gasteiger partial charge in [0.2, 0.25) is 0 Å². The molecule has 1 aromatic heterocycles. The second kappa shape index (κ2) is 6.50. The first kappa shape index (κ1) is 13.8. The molecule has 0 aliphatic carbocycles. The van der Waals surface area contributed by atoms with Crippen LogP contribution in [0.2, 0.25) is 5.15 Å².